The number of carbonyl (C=O) groups is 1. The first kappa shape index (κ1) is 17.2. The molecule has 29 heavy (non-hydrogen) atoms. The Labute approximate surface area is 166 Å². The van der Waals surface area contributed by atoms with E-state index in [1.54, 1.807) is 23.2 Å². The van der Waals surface area contributed by atoms with Gasteiger partial charge in [-0.05, 0) is 48.5 Å². The number of hydrogen-bond acceptors (Lipinski definition) is 3. The van der Waals surface area contributed by atoms with Crippen LogP contribution in [0.25, 0.3) is 11.3 Å². The van der Waals surface area contributed by atoms with E-state index in [2.05, 4.69) is 15.5 Å². The van der Waals surface area contributed by atoms with Crippen LogP contribution in [0.4, 0.5) is 15.8 Å². The van der Waals surface area contributed by atoms with Gasteiger partial charge < -0.3 is 5.32 Å². The SMILES string of the molecule is O=C1c2ccccc2N[C@@H](c2cn[nH]c2-c2ccc(F)cc2)N1c1ccccc1. The molecular weight excluding hydrogens is 367 g/mol. The Hall–Kier alpha value is -3.93. The highest BCUT2D eigenvalue weighted by Crippen LogP contribution is 2.39. The van der Waals surface area contributed by atoms with Crippen LogP contribution in [0, 0.1) is 5.82 Å². The molecule has 142 valence electrons. The summed E-state index contributed by atoms with van der Waals surface area (Å²) >= 11 is 0. The first-order valence-electron chi connectivity index (χ1n) is 9.26. The molecule has 0 radical (unpaired) electrons. The van der Waals surface area contributed by atoms with Crippen LogP contribution in [-0.2, 0) is 0 Å². The highest BCUT2D eigenvalue weighted by molar-refractivity contribution is 6.12. The smallest absolute Gasteiger partial charge is 0.262 e. The summed E-state index contributed by atoms with van der Waals surface area (Å²) in [6.07, 6.45) is 1.23. The van der Waals surface area contributed by atoms with E-state index >= 15 is 0 Å². The molecule has 5 nitrogen and oxygen atoms in total. The lowest BCUT2D eigenvalue weighted by Crippen LogP contribution is -2.43. The Balaban J connectivity index is 1.66. The van der Waals surface area contributed by atoms with Gasteiger partial charge in [0.15, 0.2) is 0 Å². The van der Waals surface area contributed by atoms with Crippen LogP contribution in [0.3, 0.4) is 0 Å². The van der Waals surface area contributed by atoms with E-state index in [1.165, 1.54) is 12.1 Å². The number of para-hydroxylation sites is 2. The van der Waals surface area contributed by atoms with Crippen LogP contribution in [0.15, 0.2) is 85.1 Å². The number of benzene rings is 3. The van der Waals surface area contributed by atoms with Crippen molar-refractivity contribution in [2.24, 2.45) is 0 Å². The fraction of sp³-hybridized carbons (Fsp3) is 0.0435. The van der Waals surface area contributed by atoms with Crippen molar-refractivity contribution in [1.29, 1.82) is 0 Å². The van der Waals surface area contributed by atoms with Gasteiger partial charge in [-0.2, -0.15) is 5.10 Å². The topological polar surface area (TPSA) is 61.0 Å². The minimum Gasteiger partial charge on any atom is -0.360 e. The lowest BCUT2D eigenvalue weighted by atomic mass is 10.0. The molecule has 0 bridgehead atoms. The van der Waals surface area contributed by atoms with Crippen LogP contribution in [0.1, 0.15) is 22.1 Å². The molecule has 0 spiro atoms. The fourth-order valence-electron chi connectivity index (χ4n) is 3.68. The van der Waals surface area contributed by atoms with E-state index in [-0.39, 0.29) is 11.7 Å². The van der Waals surface area contributed by atoms with Gasteiger partial charge >= 0.3 is 0 Å². The minimum absolute atomic E-state index is 0.0955. The predicted molar refractivity (Wildman–Crippen MR) is 110 cm³/mol. The summed E-state index contributed by atoms with van der Waals surface area (Å²) in [7, 11) is 0. The quantitative estimate of drug-likeness (QED) is 0.523. The number of aromatic nitrogens is 2. The molecule has 0 saturated heterocycles. The molecule has 1 aliphatic heterocycles. The predicted octanol–water partition coefficient (Wildman–Crippen LogP) is 4.99. The van der Waals surface area contributed by atoms with Crippen molar-refractivity contribution < 1.29 is 9.18 Å². The zero-order chi connectivity index (χ0) is 19.8. The molecule has 1 amide bonds. The van der Waals surface area contributed by atoms with Crippen LogP contribution in [0.5, 0.6) is 0 Å². The molecule has 2 N–H and O–H groups in total. The van der Waals surface area contributed by atoms with Crippen molar-refractivity contribution in [2.45, 2.75) is 6.17 Å². The van der Waals surface area contributed by atoms with Crippen molar-refractivity contribution in [3.63, 3.8) is 0 Å². The molecule has 0 saturated carbocycles. The number of rotatable bonds is 3. The third-order valence-corrected chi connectivity index (χ3v) is 5.06. The summed E-state index contributed by atoms with van der Waals surface area (Å²) in [5, 5.41) is 10.7. The zero-order valence-corrected chi connectivity index (χ0v) is 15.3. The molecule has 2 heterocycles. The van der Waals surface area contributed by atoms with Crippen LogP contribution < -0.4 is 10.2 Å². The molecule has 1 aliphatic rings. The van der Waals surface area contributed by atoms with Gasteiger partial charge in [0.2, 0.25) is 0 Å². The monoisotopic (exact) mass is 384 g/mol. The van der Waals surface area contributed by atoms with E-state index in [0.29, 0.717) is 5.56 Å². The van der Waals surface area contributed by atoms with E-state index in [0.717, 1.165) is 28.2 Å². The second-order valence-corrected chi connectivity index (χ2v) is 6.81. The first-order chi connectivity index (χ1) is 14.2. The van der Waals surface area contributed by atoms with Crippen molar-refractivity contribution in [3.05, 3.63) is 102 Å². The highest BCUT2D eigenvalue weighted by Gasteiger charge is 2.35. The maximum atomic E-state index is 13.4. The maximum absolute atomic E-state index is 13.4. The fourth-order valence-corrected chi connectivity index (χ4v) is 3.68. The van der Waals surface area contributed by atoms with Crippen molar-refractivity contribution in [2.75, 3.05) is 10.2 Å². The van der Waals surface area contributed by atoms with Gasteiger partial charge in [-0.1, -0.05) is 30.3 Å². The number of H-pyrrole nitrogens is 1. The summed E-state index contributed by atoms with van der Waals surface area (Å²) < 4.78 is 13.4. The molecule has 5 rings (SSSR count). The summed E-state index contributed by atoms with van der Waals surface area (Å²) in [5.74, 6) is -0.401. The third kappa shape index (κ3) is 2.95. The number of amides is 1. The van der Waals surface area contributed by atoms with Crippen molar-refractivity contribution >= 4 is 17.3 Å². The number of aromatic amines is 1. The molecular formula is C23H17FN4O. The molecule has 0 fully saturated rings. The Morgan fingerprint density at radius 3 is 2.41 bits per heavy atom. The summed E-state index contributed by atoms with van der Waals surface area (Å²) in [6, 6.07) is 23.2. The number of carbonyl (C=O) groups excluding carboxylic acids is 1. The van der Waals surface area contributed by atoms with E-state index < -0.39 is 6.17 Å². The van der Waals surface area contributed by atoms with Gasteiger partial charge in [0, 0.05) is 22.5 Å². The Kier molecular flexibility index (Phi) is 4.09. The molecule has 3 aromatic carbocycles. The molecule has 1 atom stereocenters. The summed E-state index contributed by atoms with van der Waals surface area (Å²) in [6.45, 7) is 0. The Bertz CT molecular complexity index is 1170. The summed E-state index contributed by atoms with van der Waals surface area (Å²) in [4.78, 5) is 15.1. The van der Waals surface area contributed by atoms with Crippen molar-refractivity contribution in [3.8, 4) is 11.3 Å². The molecule has 6 heteroatoms. The van der Waals surface area contributed by atoms with Gasteiger partial charge in [0.1, 0.15) is 12.0 Å². The van der Waals surface area contributed by atoms with Gasteiger partial charge in [0.05, 0.1) is 17.5 Å². The van der Waals surface area contributed by atoms with Crippen molar-refractivity contribution in [1.82, 2.24) is 10.2 Å². The van der Waals surface area contributed by atoms with Crippen LogP contribution in [0.2, 0.25) is 0 Å². The lowest BCUT2D eigenvalue weighted by molar-refractivity contribution is 0.0975. The molecule has 4 aromatic rings. The molecule has 0 unspecified atom stereocenters. The second-order valence-electron chi connectivity index (χ2n) is 6.81. The lowest BCUT2D eigenvalue weighted by Gasteiger charge is -2.38. The van der Waals surface area contributed by atoms with E-state index in [4.69, 9.17) is 0 Å². The zero-order valence-electron chi connectivity index (χ0n) is 15.3. The highest BCUT2D eigenvalue weighted by atomic mass is 19.1. The minimum atomic E-state index is -0.474. The number of nitrogens with zero attached hydrogens (tertiary/aromatic N) is 2. The number of nitrogens with one attached hydrogen (secondary N) is 2. The van der Waals surface area contributed by atoms with Crippen LogP contribution in [-0.4, -0.2) is 16.1 Å². The van der Waals surface area contributed by atoms with E-state index in [1.807, 2.05) is 54.6 Å². The third-order valence-electron chi connectivity index (χ3n) is 5.06. The first-order valence-corrected chi connectivity index (χ1v) is 9.26. The average Bonchev–Trinajstić information content (AvgIpc) is 3.24. The molecule has 0 aliphatic carbocycles. The number of hydrogen-bond donors (Lipinski definition) is 2. The largest absolute Gasteiger partial charge is 0.360 e. The Morgan fingerprint density at radius 2 is 1.62 bits per heavy atom. The standard InChI is InChI=1S/C23H17FN4O/c24-16-12-10-15(11-13-16)21-19(14-25-27-21)22-26-20-9-5-4-8-18(20)23(29)28(22)17-6-2-1-3-7-17/h1-14,22,26H,(H,25,27)/t22-/m1/s1. The van der Waals surface area contributed by atoms with Gasteiger partial charge in [0.25, 0.3) is 5.91 Å². The maximum Gasteiger partial charge on any atom is 0.262 e. The number of fused-ring (bicyclic) bond motifs is 1. The van der Waals surface area contributed by atoms with Gasteiger partial charge in [-0.3, -0.25) is 14.8 Å². The number of anilines is 2. The summed E-state index contributed by atoms with van der Waals surface area (Å²) in [5.41, 5.74) is 4.47. The number of halogens is 1. The Morgan fingerprint density at radius 1 is 0.897 bits per heavy atom. The second kappa shape index (κ2) is 6.91. The van der Waals surface area contributed by atoms with Crippen LogP contribution >= 0.6 is 0 Å². The van der Waals surface area contributed by atoms with Gasteiger partial charge in [-0.15, -0.1) is 0 Å². The normalized spacial score (nSPS) is 15.7. The van der Waals surface area contributed by atoms with E-state index in [9.17, 15) is 9.18 Å². The van der Waals surface area contributed by atoms with Gasteiger partial charge in [-0.25, -0.2) is 4.39 Å². The molecule has 1 aromatic heterocycles. The average molecular weight is 384 g/mol.